The summed E-state index contributed by atoms with van der Waals surface area (Å²) in [6, 6.07) is 8.89. The van der Waals surface area contributed by atoms with E-state index in [1.807, 2.05) is 34.0 Å². The fourth-order valence-corrected chi connectivity index (χ4v) is 9.83. The zero-order chi connectivity index (χ0) is 37.2. The van der Waals surface area contributed by atoms with Gasteiger partial charge in [-0.2, -0.15) is 26.0 Å². The number of benzene rings is 2. The first-order valence-corrected chi connectivity index (χ1v) is 20.7. The number of aromatic nitrogens is 6. The molecule has 4 heterocycles. The molecule has 0 amide bonds. The second-order valence-electron chi connectivity index (χ2n) is 12.0. The van der Waals surface area contributed by atoms with Crippen LogP contribution in [0.2, 0.25) is 0 Å². The van der Waals surface area contributed by atoms with Gasteiger partial charge >= 0.3 is 0 Å². The van der Waals surface area contributed by atoms with Crippen LogP contribution in [0.5, 0.6) is 0 Å². The number of thiazole rings is 2. The fraction of sp³-hybridized carbons (Fsp3) is 0.294. The van der Waals surface area contributed by atoms with E-state index in [0.29, 0.717) is 49.2 Å². The number of fused-ring (bicyclic) bond motifs is 1. The molecule has 18 heteroatoms. The van der Waals surface area contributed by atoms with Gasteiger partial charge in [0.15, 0.2) is 24.5 Å². The van der Waals surface area contributed by atoms with Gasteiger partial charge in [0.25, 0.3) is 20.2 Å². The Morgan fingerprint density at radius 3 is 1.44 bits per heavy atom. The van der Waals surface area contributed by atoms with Gasteiger partial charge in [-0.05, 0) is 26.0 Å². The highest BCUT2D eigenvalue weighted by molar-refractivity contribution is 7.87. The van der Waals surface area contributed by atoms with Crippen molar-refractivity contribution in [3.05, 3.63) is 104 Å². The summed E-state index contributed by atoms with van der Waals surface area (Å²) >= 11 is 2.96. The van der Waals surface area contributed by atoms with E-state index < -0.39 is 20.2 Å². The van der Waals surface area contributed by atoms with Crippen LogP contribution >= 0.6 is 22.7 Å². The third kappa shape index (κ3) is 8.11. The lowest BCUT2D eigenvalue weighted by atomic mass is 10.1. The van der Waals surface area contributed by atoms with Gasteiger partial charge < -0.3 is 11.5 Å². The van der Waals surface area contributed by atoms with Gasteiger partial charge in [0.05, 0.1) is 34.1 Å². The molecule has 0 spiro atoms. The Morgan fingerprint density at radius 2 is 1.06 bits per heavy atom. The van der Waals surface area contributed by atoms with Crippen LogP contribution in [0.25, 0.3) is 10.8 Å². The Labute approximate surface area is 310 Å². The smallest absolute Gasteiger partial charge is 0.297 e. The SMILES string of the molecule is Cc1ncc(C[n+]2csc(CCOS(=O)(=O)c3cccc4c(S(=O)(=O)OCCc5sc[n+](Cc6cnc(C)nc6N)c5C)cccc34)c2C)c(N)n1. The number of nitrogens with zero attached hydrogens (tertiary/aromatic N) is 6. The zero-order valence-electron chi connectivity index (χ0n) is 28.9. The minimum absolute atomic E-state index is 0.106. The fourth-order valence-electron chi connectivity index (χ4n) is 5.63. The Bertz CT molecular complexity index is 2330. The Balaban J connectivity index is 1.11. The summed E-state index contributed by atoms with van der Waals surface area (Å²) in [5.41, 5.74) is 19.5. The third-order valence-electron chi connectivity index (χ3n) is 8.55. The molecule has 6 aromatic rings. The highest BCUT2D eigenvalue weighted by atomic mass is 32.2. The molecule has 52 heavy (non-hydrogen) atoms. The summed E-state index contributed by atoms with van der Waals surface area (Å²) in [6.07, 6.45) is 4.09. The molecule has 0 radical (unpaired) electrons. The van der Waals surface area contributed by atoms with Crippen LogP contribution in [0.4, 0.5) is 11.6 Å². The lowest BCUT2D eigenvalue weighted by Gasteiger charge is -2.12. The van der Waals surface area contributed by atoms with Gasteiger partial charge in [0.1, 0.15) is 33.1 Å². The molecule has 0 saturated carbocycles. The zero-order valence-corrected chi connectivity index (χ0v) is 32.2. The molecular weight excluding hydrogens is 745 g/mol. The van der Waals surface area contributed by atoms with E-state index in [9.17, 15) is 16.8 Å². The molecule has 2 aromatic carbocycles. The van der Waals surface area contributed by atoms with Gasteiger partial charge in [0.2, 0.25) is 11.0 Å². The maximum absolute atomic E-state index is 13.5. The molecule has 0 fully saturated rings. The molecule has 0 atom stereocenters. The van der Waals surface area contributed by atoms with E-state index >= 15 is 0 Å². The van der Waals surface area contributed by atoms with E-state index in [2.05, 4.69) is 19.9 Å². The normalized spacial score (nSPS) is 12.2. The van der Waals surface area contributed by atoms with Crippen molar-refractivity contribution in [1.29, 1.82) is 0 Å². The molecule has 0 aliphatic heterocycles. The van der Waals surface area contributed by atoms with Gasteiger partial charge in [-0.15, -0.1) is 0 Å². The monoisotopic (exact) mass is 782 g/mol. The predicted octanol–water partition coefficient (Wildman–Crippen LogP) is 3.51. The number of nitrogens with two attached hydrogens (primary N) is 2. The number of aryl methyl sites for hydroxylation is 2. The molecule has 0 bridgehead atoms. The Hall–Kier alpha value is -4.46. The second kappa shape index (κ2) is 15.3. The maximum atomic E-state index is 13.5. The average Bonchev–Trinajstić information content (AvgIpc) is 3.62. The number of rotatable bonds is 14. The molecule has 0 saturated heterocycles. The summed E-state index contributed by atoms with van der Waals surface area (Å²) < 4.78 is 68.8. The van der Waals surface area contributed by atoms with Crippen molar-refractivity contribution in [1.82, 2.24) is 19.9 Å². The van der Waals surface area contributed by atoms with E-state index in [-0.39, 0.29) is 33.8 Å². The highest BCUT2D eigenvalue weighted by Gasteiger charge is 2.25. The van der Waals surface area contributed by atoms with Crippen LogP contribution in [0.3, 0.4) is 0 Å². The molecular formula is C34H38N8O6S4+2. The number of nitrogen functional groups attached to an aromatic ring is 2. The van der Waals surface area contributed by atoms with Crippen molar-refractivity contribution in [3.63, 3.8) is 0 Å². The van der Waals surface area contributed by atoms with Crippen molar-refractivity contribution < 1.29 is 34.3 Å². The standard InChI is InChI=1S/C34H38N8O6S4/c1-21-29(49-19-41(21)17-25-15-37-23(3)39-33(25)35)11-13-47-51(43,44)31-9-5-8-28-27(31)7-6-10-32(28)52(45,46)48-14-12-30-22(2)42(20-50-30)18-26-16-38-24(4)40-34(26)36/h5-10,15-16,19-20H,11-14,17-18H2,1-4H3,(H2,35,37,39)(H2,36,38,40)/q+2. The first kappa shape index (κ1) is 37.3. The number of hydrogen-bond donors (Lipinski definition) is 2. The lowest BCUT2D eigenvalue weighted by Crippen LogP contribution is -2.35. The number of anilines is 2. The van der Waals surface area contributed by atoms with Crippen LogP contribution in [-0.4, -0.2) is 50.0 Å². The minimum Gasteiger partial charge on any atom is -0.383 e. The van der Waals surface area contributed by atoms with E-state index in [0.717, 1.165) is 32.3 Å². The van der Waals surface area contributed by atoms with Crippen molar-refractivity contribution in [2.24, 2.45) is 0 Å². The highest BCUT2D eigenvalue weighted by Crippen LogP contribution is 2.31. The van der Waals surface area contributed by atoms with Gasteiger partial charge in [0, 0.05) is 49.9 Å². The van der Waals surface area contributed by atoms with Crippen LogP contribution in [-0.2, 0) is 54.5 Å². The Kier molecular flexibility index (Phi) is 10.9. The summed E-state index contributed by atoms with van der Waals surface area (Å²) in [6.45, 7) is 8.18. The summed E-state index contributed by atoms with van der Waals surface area (Å²) in [7, 11) is -8.51. The second-order valence-corrected chi connectivity index (χ2v) is 17.1. The molecule has 0 aliphatic carbocycles. The van der Waals surface area contributed by atoms with E-state index in [1.165, 1.54) is 46.9 Å². The molecule has 272 valence electrons. The molecule has 14 nitrogen and oxygen atoms in total. The molecule has 6 rings (SSSR count). The third-order valence-corrected chi connectivity index (χ3v) is 13.6. The van der Waals surface area contributed by atoms with Crippen LogP contribution in [0.1, 0.15) is 43.9 Å². The quantitative estimate of drug-likeness (QED) is 0.121. The van der Waals surface area contributed by atoms with Crippen molar-refractivity contribution >= 4 is 65.3 Å². The summed E-state index contributed by atoms with van der Waals surface area (Å²) in [5, 5.41) is 0.425. The maximum Gasteiger partial charge on any atom is 0.297 e. The van der Waals surface area contributed by atoms with Crippen LogP contribution in [0.15, 0.2) is 69.6 Å². The summed E-state index contributed by atoms with van der Waals surface area (Å²) in [4.78, 5) is 18.5. The molecule has 0 unspecified atom stereocenters. The first-order valence-electron chi connectivity index (χ1n) is 16.1. The van der Waals surface area contributed by atoms with E-state index in [4.69, 9.17) is 19.8 Å². The lowest BCUT2D eigenvalue weighted by molar-refractivity contribution is -0.689. The predicted molar refractivity (Wildman–Crippen MR) is 197 cm³/mol. The van der Waals surface area contributed by atoms with Crippen LogP contribution < -0.4 is 20.6 Å². The van der Waals surface area contributed by atoms with Crippen molar-refractivity contribution in [3.8, 4) is 0 Å². The minimum atomic E-state index is -4.25. The molecule has 4 aromatic heterocycles. The van der Waals surface area contributed by atoms with Gasteiger partial charge in [-0.3, -0.25) is 8.37 Å². The Morgan fingerprint density at radius 1 is 0.654 bits per heavy atom. The molecule has 4 N–H and O–H groups in total. The van der Waals surface area contributed by atoms with Crippen LogP contribution in [0, 0.1) is 27.7 Å². The van der Waals surface area contributed by atoms with Gasteiger partial charge in [-0.1, -0.05) is 46.9 Å². The van der Waals surface area contributed by atoms with E-state index in [1.54, 1.807) is 38.4 Å². The van der Waals surface area contributed by atoms with Crippen molar-refractivity contribution in [2.45, 2.75) is 63.4 Å². The first-order chi connectivity index (χ1) is 24.7. The van der Waals surface area contributed by atoms with Gasteiger partial charge in [-0.25, -0.2) is 19.9 Å². The topological polar surface area (TPSA) is 198 Å². The molecule has 0 aliphatic rings. The average molecular weight is 783 g/mol. The largest absolute Gasteiger partial charge is 0.383 e. The summed E-state index contributed by atoms with van der Waals surface area (Å²) in [5.74, 6) is 2.02. The number of hydrogen-bond acceptors (Lipinski definition) is 14. The van der Waals surface area contributed by atoms with Crippen molar-refractivity contribution in [2.75, 3.05) is 24.7 Å².